The fraction of sp³-hybridized carbons (Fsp3) is 0.357. The second kappa shape index (κ2) is 7.28. The van der Waals surface area contributed by atoms with Gasteiger partial charge >= 0.3 is 0 Å². The van der Waals surface area contributed by atoms with Gasteiger partial charge in [-0.2, -0.15) is 4.98 Å². The fourth-order valence-electron chi connectivity index (χ4n) is 1.82. The van der Waals surface area contributed by atoms with Crippen molar-refractivity contribution in [1.82, 2.24) is 20.8 Å². The first kappa shape index (κ1) is 14.8. The van der Waals surface area contributed by atoms with Crippen LogP contribution in [-0.2, 0) is 13.1 Å². The lowest BCUT2D eigenvalue weighted by Gasteiger charge is -2.12. The van der Waals surface area contributed by atoms with Crippen molar-refractivity contribution in [1.29, 1.82) is 0 Å². The molecule has 0 amide bonds. The second-order valence-electron chi connectivity index (χ2n) is 4.32. The zero-order valence-corrected chi connectivity index (χ0v) is 12.4. The predicted molar refractivity (Wildman–Crippen MR) is 79.1 cm³/mol. The van der Waals surface area contributed by atoms with Crippen LogP contribution in [0, 0.1) is 6.92 Å². The third-order valence-electron chi connectivity index (χ3n) is 2.85. The van der Waals surface area contributed by atoms with Crippen LogP contribution in [0.25, 0.3) is 0 Å². The van der Waals surface area contributed by atoms with Crippen LogP contribution in [0.5, 0.6) is 5.75 Å². The molecular weight excluding hydrogens is 270 g/mol. The van der Waals surface area contributed by atoms with Crippen molar-refractivity contribution < 1.29 is 9.26 Å². The van der Waals surface area contributed by atoms with Crippen molar-refractivity contribution in [3.8, 4) is 5.75 Å². The van der Waals surface area contributed by atoms with E-state index >= 15 is 0 Å². The van der Waals surface area contributed by atoms with Crippen LogP contribution in [0.15, 0.2) is 33.8 Å². The lowest BCUT2D eigenvalue weighted by molar-refractivity contribution is 0.386. The summed E-state index contributed by atoms with van der Waals surface area (Å²) in [5, 5.41) is 10.1. The Hall–Kier alpha value is -2.57. The van der Waals surface area contributed by atoms with Crippen molar-refractivity contribution >= 4 is 5.96 Å². The number of aromatic nitrogens is 2. The van der Waals surface area contributed by atoms with Crippen LogP contribution in [0.4, 0.5) is 0 Å². The number of hydrogen-bond acceptors (Lipinski definition) is 5. The summed E-state index contributed by atoms with van der Waals surface area (Å²) >= 11 is 0. The average molecular weight is 289 g/mol. The maximum absolute atomic E-state index is 5.31. The Morgan fingerprint density at radius 1 is 1.29 bits per heavy atom. The van der Waals surface area contributed by atoms with E-state index in [-0.39, 0.29) is 0 Å². The van der Waals surface area contributed by atoms with E-state index in [1.54, 1.807) is 21.1 Å². The van der Waals surface area contributed by atoms with E-state index in [1.165, 1.54) is 0 Å². The second-order valence-corrected chi connectivity index (χ2v) is 4.32. The van der Waals surface area contributed by atoms with E-state index in [0.29, 0.717) is 30.8 Å². The Balaban J connectivity index is 1.88. The Morgan fingerprint density at radius 3 is 2.71 bits per heavy atom. The van der Waals surface area contributed by atoms with E-state index in [2.05, 4.69) is 25.8 Å². The smallest absolute Gasteiger partial charge is 0.223 e. The first-order chi connectivity index (χ1) is 10.2. The zero-order chi connectivity index (χ0) is 15.1. The summed E-state index contributed by atoms with van der Waals surface area (Å²) in [6.07, 6.45) is 0. The van der Waals surface area contributed by atoms with E-state index in [4.69, 9.17) is 9.26 Å². The van der Waals surface area contributed by atoms with Crippen molar-refractivity contribution in [2.75, 3.05) is 14.2 Å². The molecule has 0 radical (unpaired) electrons. The maximum atomic E-state index is 5.31. The molecule has 0 bridgehead atoms. The first-order valence-corrected chi connectivity index (χ1v) is 6.58. The van der Waals surface area contributed by atoms with Gasteiger partial charge in [-0.25, -0.2) is 0 Å². The van der Waals surface area contributed by atoms with Crippen LogP contribution < -0.4 is 15.4 Å². The minimum atomic E-state index is 0.447. The molecule has 1 aromatic carbocycles. The average Bonchev–Trinajstić information content (AvgIpc) is 2.93. The van der Waals surface area contributed by atoms with Gasteiger partial charge in [0.25, 0.3) is 0 Å². The highest BCUT2D eigenvalue weighted by atomic mass is 16.5. The molecule has 0 aliphatic carbocycles. The van der Waals surface area contributed by atoms with Gasteiger partial charge in [0, 0.05) is 26.1 Å². The summed E-state index contributed by atoms with van der Waals surface area (Å²) in [7, 11) is 3.36. The van der Waals surface area contributed by atoms with Gasteiger partial charge in [0.2, 0.25) is 5.89 Å². The zero-order valence-electron chi connectivity index (χ0n) is 12.4. The minimum absolute atomic E-state index is 0.447. The Bertz CT molecular complexity index is 609. The molecule has 0 aliphatic rings. The first-order valence-electron chi connectivity index (χ1n) is 6.58. The van der Waals surface area contributed by atoms with Gasteiger partial charge in [-0.1, -0.05) is 23.4 Å². The van der Waals surface area contributed by atoms with Gasteiger partial charge in [0.15, 0.2) is 11.8 Å². The number of benzene rings is 1. The molecular formula is C14H19N5O2. The molecule has 2 N–H and O–H groups in total. The highest BCUT2D eigenvalue weighted by Gasteiger charge is 2.05. The SMILES string of the molecule is CN=C(NCc1noc(C)n1)NCc1ccccc1OC. The molecule has 0 unspecified atom stereocenters. The molecule has 2 rings (SSSR count). The number of nitrogens with one attached hydrogen (secondary N) is 2. The van der Waals surface area contributed by atoms with Gasteiger partial charge in [0.1, 0.15) is 5.75 Å². The summed E-state index contributed by atoms with van der Waals surface area (Å²) in [6.45, 7) is 2.81. The predicted octanol–water partition coefficient (Wildman–Crippen LogP) is 1.25. The third kappa shape index (κ3) is 4.20. The van der Waals surface area contributed by atoms with Crippen LogP contribution in [0.2, 0.25) is 0 Å². The van der Waals surface area contributed by atoms with E-state index in [0.717, 1.165) is 11.3 Å². The van der Waals surface area contributed by atoms with E-state index in [9.17, 15) is 0 Å². The van der Waals surface area contributed by atoms with E-state index < -0.39 is 0 Å². The molecule has 0 saturated heterocycles. The number of ether oxygens (including phenoxy) is 1. The number of aliphatic imine (C=N–C) groups is 1. The lowest BCUT2D eigenvalue weighted by atomic mass is 10.2. The topological polar surface area (TPSA) is 84.6 Å². The summed E-state index contributed by atoms with van der Waals surface area (Å²) in [6, 6.07) is 7.84. The Morgan fingerprint density at radius 2 is 2.05 bits per heavy atom. The van der Waals surface area contributed by atoms with Crippen molar-refractivity contribution in [2.45, 2.75) is 20.0 Å². The lowest BCUT2D eigenvalue weighted by Crippen LogP contribution is -2.36. The molecule has 1 heterocycles. The monoisotopic (exact) mass is 289 g/mol. The molecule has 21 heavy (non-hydrogen) atoms. The number of rotatable bonds is 5. The fourth-order valence-corrected chi connectivity index (χ4v) is 1.82. The molecule has 1 aromatic heterocycles. The highest BCUT2D eigenvalue weighted by molar-refractivity contribution is 5.79. The van der Waals surface area contributed by atoms with Crippen molar-refractivity contribution in [3.05, 3.63) is 41.5 Å². The summed E-state index contributed by atoms with van der Waals surface area (Å²) < 4.78 is 10.2. The number of guanidine groups is 1. The van der Waals surface area contributed by atoms with Gasteiger partial charge in [-0.05, 0) is 6.07 Å². The number of hydrogen-bond donors (Lipinski definition) is 2. The van der Waals surface area contributed by atoms with Crippen LogP contribution in [-0.4, -0.2) is 30.3 Å². The van der Waals surface area contributed by atoms with Crippen molar-refractivity contribution in [3.63, 3.8) is 0 Å². The molecule has 112 valence electrons. The van der Waals surface area contributed by atoms with E-state index in [1.807, 2.05) is 24.3 Å². The highest BCUT2D eigenvalue weighted by Crippen LogP contribution is 2.16. The van der Waals surface area contributed by atoms with Gasteiger partial charge in [0.05, 0.1) is 13.7 Å². The molecule has 0 fully saturated rings. The number of para-hydroxylation sites is 1. The number of aryl methyl sites for hydroxylation is 1. The maximum Gasteiger partial charge on any atom is 0.223 e. The molecule has 2 aromatic rings. The number of methoxy groups -OCH3 is 1. The number of nitrogens with zero attached hydrogens (tertiary/aromatic N) is 3. The Labute approximate surface area is 123 Å². The largest absolute Gasteiger partial charge is 0.496 e. The summed E-state index contributed by atoms with van der Waals surface area (Å²) in [5.41, 5.74) is 1.05. The van der Waals surface area contributed by atoms with Crippen LogP contribution >= 0.6 is 0 Å². The summed E-state index contributed by atoms with van der Waals surface area (Å²) in [4.78, 5) is 8.27. The molecule has 7 nitrogen and oxygen atoms in total. The molecule has 0 saturated carbocycles. The quantitative estimate of drug-likeness (QED) is 0.636. The Kier molecular flexibility index (Phi) is 5.14. The molecule has 0 atom stereocenters. The minimum Gasteiger partial charge on any atom is -0.496 e. The van der Waals surface area contributed by atoms with Crippen LogP contribution in [0.1, 0.15) is 17.3 Å². The standard InChI is InChI=1S/C14H19N5O2/c1-10-18-13(19-21-10)9-17-14(15-2)16-8-11-6-4-5-7-12(11)20-3/h4-7H,8-9H2,1-3H3,(H2,15,16,17). The van der Waals surface area contributed by atoms with Gasteiger partial charge < -0.3 is 19.9 Å². The van der Waals surface area contributed by atoms with Crippen LogP contribution in [0.3, 0.4) is 0 Å². The van der Waals surface area contributed by atoms with Gasteiger partial charge in [-0.15, -0.1) is 0 Å². The molecule has 0 aliphatic heterocycles. The normalized spacial score (nSPS) is 11.3. The van der Waals surface area contributed by atoms with Gasteiger partial charge in [-0.3, -0.25) is 4.99 Å². The van der Waals surface area contributed by atoms with Crippen molar-refractivity contribution in [2.24, 2.45) is 4.99 Å². The third-order valence-corrected chi connectivity index (χ3v) is 2.85. The molecule has 0 spiro atoms. The summed E-state index contributed by atoms with van der Waals surface area (Å²) in [5.74, 6) is 2.63. The molecule has 7 heteroatoms.